The Kier molecular flexibility index (Phi) is 3.77. The van der Waals surface area contributed by atoms with Gasteiger partial charge in [-0.25, -0.2) is 0 Å². The minimum absolute atomic E-state index is 1.19. The number of hydrogen-bond donors (Lipinski definition) is 1. The lowest BCUT2D eigenvalue weighted by Crippen LogP contribution is -1.82. The summed E-state index contributed by atoms with van der Waals surface area (Å²) in [5.41, 5.74) is 8.96. The standard InChI is InChI=1S/C16H15N/c17-13-7-6-11-15-10-4-5-12-16(15)14-8-2-1-3-9-14/h1-13H,17H2/b11-6+,13-7-. The van der Waals surface area contributed by atoms with Crippen molar-refractivity contribution < 1.29 is 0 Å². The maximum Gasteiger partial charge on any atom is -0.00624 e. The van der Waals surface area contributed by atoms with Crippen molar-refractivity contribution in [3.63, 3.8) is 0 Å². The Labute approximate surface area is 102 Å². The molecule has 0 aromatic heterocycles. The van der Waals surface area contributed by atoms with Gasteiger partial charge in [0.15, 0.2) is 0 Å². The van der Waals surface area contributed by atoms with Crippen LogP contribution in [-0.4, -0.2) is 0 Å². The van der Waals surface area contributed by atoms with Crippen LogP contribution in [0.4, 0.5) is 0 Å². The van der Waals surface area contributed by atoms with E-state index in [1.165, 1.54) is 22.9 Å². The van der Waals surface area contributed by atoms with Crippen molar-refractivity contribution in [2.45, 2.75) is 0 Å². The van der Waals surface area contributed by atoms with E-state index in [-0.39, 0.29) is 0 Å². The van der Waals surface area contributed by atoms with Gasteiger partial charge in [0.2, 0.25) is 0 Å². The van der Waals surface area contributed by atoms with E-state index in [1.54, 1.807) is 0 Å². The Hall–Kier alpha value is -2.28. The highest BCUT2D eigenvalue weighted by Crippen LogP contribution is 2.24. The summed E-state index contributed by atoms with van der Waals surface area (Å²) in [6.45, 7) is 0. The Morgan fingerprint density at radius 1 is 0.765 bits per heavy atom. The first-order valence-corrected chi connectivity index (χ1v) is 5.61. The predicted octanol–water partition coefficient (Wildman–Crippen LogP) is 3.84. The van der Waals surface area contributed by atoms with Gasteiger partial charge in [0, 0.05) is 0 Å². The Bertz CT molecular complexity index is 524. The molecule has 0 aliphatic heterocycles. The van der Waals surface area contributed by atoms with E-state index >= 15 is 0 Å². The van der Waals surface area contributed by atoms with Gasteiger partial charge in [0.1, 0.15) is 0 Å². The molecule has 0 spiro atoms. The van der Waals surface area contributed by atoms with Gasteiger partial charge in [-0.05, 0) is 29.0 Å². The molecule has 0 radical (unpaired) electrons. The van der Waals surface area contributed by atoms with Crippen LogP contribution in [-0.2, 0) is 0 Å². The van der Waals surface area contributed by atoms with Gasteiger partial charge in [-0.3, -0.25) is 0 Å². The number of allylic oxidation sites excluding steroid dienone is 2. The first-order chi connectivity index (χ1) is 8.42. The summed E-state index contributed by atoms with van der Waals surface area (Å²) in [5.74, 6) is 0. The van der Waals surface area contributed by atoms with Crippen LogP contribution in [0.15, 0.2) is 72.9 Å². The fraction of sp³-hybridized carbons (Fsp3) is 0. The highest BCUT2D eigenvalue weighted by Gasteiger charge is 2.00. The molecule has 2 aromatic rings. The number of rotatable bonds is 3. The van der Waals surface area contributed by atoms with E-state index in [9.17, 15) is 0 Å². The van der Waals surface area contributed by atoms with Crippen LogP contribution in [0, 0.1) is 0 Å². The minimum Gasteiger partial charge on any atom is -0.405 e. The van der Waals surface area contributed by atoms with Gasteiger partial charge in [-0.2, -0.15) is 0 Å². The minimum atomic E-state index is 1.19. The molecule has 17 heavy (non-hydrogen) atoms. The lowest BCUT2D eigenvalue weighted by atomic mass is 9.99. The highest BCUT2D eigenvalue weighted by molar-refractivity contribution is 5.75. The van der Waals surface area contributed by atoms with E-state index in [0.717, 1.165) is 0 Å². The molecule has 2 aromatic carbocycles. The van der Waals surface area contributed by atoms with E-state index in [1.807, 2.05) is 24.3 Å². The number of hydrogen-bond acceptors (Lipinski definition) is 1. The highest BCUT2D eigenvalue weighted by atomic mass is 14.5. The van der Waals surface area contributed by atoms with Gasteiger partial charge in [0.25, 0.3) is 0 Å². The zero-order valence-electron chi connectivity index (χ0n) is 9.58. The molecule has 0 atom stereocenters. The second-order valence-corrected chi connectivity index (χ2v) is 3.70. The molecular weight excluding hydrogens is 206 g/mol. The Balaban J connectivity index is 2.41. The van der Waals surface area contributed by atoms with Crippen LogP contribution in [0.25, 0.3) is 17.2 Å². The molecule has 0 heterocycles. The number of nitrogens with two attached hydrogens (primary N) is 1. The maximum atomic E-state index is 5.31. The van der Waals surface area contributed by atoms with Gasteiger partial charge >= 0.3 is 0 Å². The normalized spacial score (nSPS) is 11.3. The molecular formula is C16H15N. The zero-order valence-corrected chi connectivity index (χ0v) is 9.58. The fourth-order valence-corrected chi connectivity index (χ4v) is 1.75. The predicted molar refractivity (Wildman–Crippen MR) is 74.2 cm³/mol. The van der Waals surface area contributed by atoms with E-state index in [4.69, 9.17) is 5.73 Å². The molecule has 2 rings (SSSR count). The summed E-state index contributed by atoms with van der Waals surface area (Å²) in [4.78, 5) is 0. The van der Waals surface area contributed by atoms with Crippen LogP contribution in [0.3, 0.4) is 0 Å². The van der Waals surface area contributed by atoms with Gasteiger partial charge in [0.05, 0.1) is 0 Å². The molecule has 0 aliphatic carbocycles. The Morgan fingerprint density at radius 2 is 1.47 bits per heavy atom. The summed E-state index contributed by atoms with van der Waals surface area (Å²) < 4.78 is 0. The second kappa shape index (κ2) is 5.71. The van der Waals surface area contributed by atoms with Crippen LogP contribution < -0.4 is 5.73 Å². The van der Waals surface area contributed by atoms with Crippen LogP contribution in [0.1, 0.15) is 5.56 Å². The zero-order chi connectivity index (χ0) is 11.9. The van der Waals surface area contributed by atoms with Crippen molar-refractivity contribution in [1.29, 1.82) is 0 Å². The molecule has 0 saturated carbocycles. The summed E-state index contributed by atoms with van der Waals surface area (Å²) in [6, 6.07) is 18.7. The summed E-state index contributed by atoms with van der Waals surface area (Å²) in [5, 5.41) is 0. The largest absolute Gasteiger partial charge is 0.405 e. The van der Waals surface area contributed by atoms with Crippen molar-refractivity contribution >= 4 is 6.08 Å². The topological polar surface area (TPSA) is 26.0 Å². The average Bonchev–Trinajstić information content (AvgIpc) is 2.41. The SMILES string of the molecule is N/C=C\C=C\c1ccccc1-c1ccccc1. The van der Waals surface area contributed by atoms with Crippen molar-refractivity contribution in [2.24, 2.45) is 5.73 Å². The van der Waals surface area contributed by atoms with Crippen LogP contribution >= 0.6 is 0 Å². The molecule has 0 amide bonds. The second-order valence-electron chi connectivity index (χ2n) is 3.70. The summed E-state index contributed by atoms with van der Waals surface area (Å²) in [7, 11) is 0. The van der Waals surface area contributed by atoms with Crippen molar-refractivity contribution in [3.8, 4) is 11.1 Å². The lowest BCUT2D eigenvalue weighted by Gasteiger charge is -2.05. The van der Waals surface area contributed by atoms with Gasteiger partial charge < -0.3 is 5.73 Å². The van der Waals surface area contributed by atoms with E-state index in [0.29, 0.717) is 0 Å². The van der Waals surface area contributed by atoms with Crippen LogP contribution in [0.2, 0.25) is 0 Å². The van der Waals surface area contributed by atoms with Gasteiger partial charge in [-0.15, -0.1) is 0 Å². The average molecular weight is 221 g/mol. The fourth-order valence-electron chi connectivity index (χ4n) is 1.75. The summed E-state index contributed by atoms with van der Waals surface area (Å²) >= 11 is 0. The quantitative estimate of drug-likeness (QED) is 0.783. The first-order valence-electron chi connectivity index (χ1n) is 5.61. The third kappa shape index (κ3) is 2.85. The third-order valence-corrected chi connectivity index (χ3v) is 2.54. The van der Waals surface area contributed by atoms with Crippen molar-refractivity contribution in [2.75, 3.05) is 0 Å². The Morgan fingerprint density at radius 3 is 2.24 bits per heavy atom. The monoisotopic (exact) mass is 221 g/mol. The smallest absolute Gasteiger partial charge is 0.00624 e. The van der Waals surface area contributed by atoms with Crippen molar-refractivity contribution in [3.05, 3.63) is 78.5 Å². The molecule has 2 N–H and O–H groups in total. The molecule has 0 aliphatic rings. The molecule has 1 nitrogen and oxygen atoms in total. The molecule has 1 heteroatoms. The third-order valence-electron chi connectivity index (χ3n) is 2.54. The van der Waals surface area contributed by atoms with Crippen LogP contribution in [0.5, 0.6) is 0 Å². The molecule has 0 unspecified atom stereocenters. The molecule has 84 valence electrons. The van der Waals surface area contributed by atoms with Gasteiger partial charge in [-0.1, -0.05) is 66.7 Å². The lowest BCUT2D eigenvalue weighted by molar-refractivity contribution is 1.58. The summed E-state index contributed by atoms with van der Waals surface area (Å²) in [6.07, 6.45) is 7.36. The first kappa shape index (κ1) is 11.2. The molecule has 0 bridgehead atoms. The molecule has 0 saturated heterocycles. The van der Waals surface area contributed by atoms with Crippen molar-refractivity contribution in [1.82, 2.24) is 0 Å². The van der Waals surface area contributed by atoms with E-state index < -0.39 is 0 Å². The molecule has 0 fully saturated rings. The van der Waals surface area contributed by atoms with E-state index in [2.05, 4.69) is 48.5 Å². The maximum absolute atomic E-state index is 5.31. The number of benzene rings is 2.